The first-order valence-corrected chi connectivity index (χ1v) is 8.46. The molecule has 1 saturated heterocycles. The smallest absolute Gasteiger partial charge is 0.266 e. The average Bonchev–Trinajstić information content (AvgIpc) is 3.22. The molecule has 1 aliphatic heterocycles. The highest BCUT2D eigenvalue weighted by Gasteiger charge is 2.33. The van der Waals surface area contributed by atoms with Crippen molar-refractivity contribution in [2.75, 3.05) is 20.8 Å². The molecule has 0 aliphatic carbocycles. The number of ether oxygens (including phenoxy) is 2. The van der Waals surface area contributed by atoms with Crippen molar-refractivity contribution < 1.29 is 14.3 Å². The molecule has 1 amide bonds. The summed E-state index contributed by atoms with van der Waals surface area (Å²) in [6.45, 7) is 2.64. The van der Waals surface area contributed by atoms with Gasteiger partial charge in [0, 0.05) is 18.2 Å². The molecule has 6 heteroatoms. The topological polar surface area (TPSA) is 51.7 Å². The Kier molecular flexibility index (Phi) is 4.52. The molecule has 1 aromatic heterocycles. The van der Waals surface area contributed by atoms with Crippen LogP contribution in [0.1, 0.15) is 39.8 Å². The van der Waals surface area contributed by atoms with Crippen LogP contribution in [0.4, 0.5) is 0 Å². The van der Waals surface area contributed by atoms with E-state index >= 15 is 0 Å². The molecule has 2 aromatic rings. The SMILES string of the molecule is COc1ccc([C@H]2CCCN2C(=O)c2scnc2C)c(OC)c1. The molecule has 2 heterocycles. The van der Waals surface area contributed by atoms with E-state index in [-0.39, 0.29) is 11.9 Å². The minimum absolute atomic E-state index is 0.0323. The highest BCUT2D eigenvalue weighted by molar-refractivity contribution is 7.11. The molecule has 0 saturated carbocycles. The summed E-state index contributed by atoms with van der Waals surface area (Å²) in [4.78, 5) is 19.7. The fourth-order valence-electron chi connectivity index (χ4n) is 3.06. The minimum Gasteiger partial charge on any atom is -0.497 e. The van der Waals surface area contributed by atoms with Gasteiger partial charge in [0.25, 0.3) is 5.91 Å². The highest BCUT2D eigenvalue weighted by Crippen LogP contribution is 2.39. The van der Waals surface area contributed by atoms with Crippen molar-refractivity contribution in [3.63, 3.8) is 0 Å². The fraction of sp³-hybridized carbons (Fsp3) is 0.412. The van der Waals surface area contributed by atoms with Crippen LogP contribution in [0.5, 0.6) is 11.5 Å². The molecule has 122 valence electrons. The molecule has 1 fully saturated rings. The maximum Gasteiger partial charge on any atom is 0.266 e. The summed E-state index contributed by atoms with van der Waals surface area (Å²) in [6, 6.07) is 5.81. The van der Waals surface area contributed by atoms with Crippen molar-refractivity contribution in [2.24, 2.45) is 0 Å². The summed E-state index contributed by atoms with van der Waals surface area (Å²) in [5.41, 5.74) is 3.55. The highest BCUT2D eigenvalue weighted by atomic mass is 32.1. The summed E-state index contributed by atoms with van der Waals surface area (Å²) in [6.07, 6.45) is 1.93. The number of hydrogen-bond acceptors (Lipinski definition) is 5. The van der Waals surface area contributed by atoms with E-state index in [1.165, 1.54) is 11.3 Å². The standard InChI is InChI=1S/C17H20N2O3S/c1-11-16(23-10-18-11)17(20)19-8-4-5-14(19)13-7-6-12(21-2)9-15(13)22-3/h6-7,9-10,14H,4-5,8H2,1-3H3/t14-/m1/s1. The molecule has 0 radical (unpaired) electrons. The van der Waals surface area contributed by atoms with Crippen molar-refractivity contribution in [1.29, 1.82) is 0 Å². The number of aryl methyl sites for hydroxylation is 1. The second-order valence-electron chi connectivity index (χ2n) is 5.53. The Hall–Kier alpha value is -2.08. The van der Waals surface area contributed by atoms with Gasteiger partial charge in [0.15, 0.2) is 0 Å². The van der Waals surface area contributed by atoms with Crippen LogP contribution in [0.25, 0.3) is 0 Å². The van der Waals surface area contributed by atoms with Gasteiger partial charge in [-0.05, 0) is 31.9 Å². The van der Waals surface area contributed by atoms with E-state index in [0.29, 0.717) is 0 Å². The fourth-order valence-corrected chi connectivity index (χ4v) is 3.82. The van der Waals surface area contributed by atoms with E-state index in [1.807, 2.05) is 30.0 Å². The lowest BCUT2D eigenvalue weighted by Crippen LogP contribution is -2.30. The number of methoxy groups -OCH3 is 2. The second-order valence-corrected chi connectivity index (χ2v) is 6.39. The van der Waals surface area contributed by atoms with E-state index < -0.39 is 0 Å². The van der Waals surface area contributed by atoms with Crippen LogP contribution < -0.4 is 9.47 Å². The third-order valence-electron chi connectivity index (χ3n) is 4.25. The lowest BCUT2D eigenvalue weighted by atomic mass is 10.0. The Morgan fingerprint density at radius 2 is 2.17 bits per heavy atom. The number of hydrogen-bond donors (Lipinski definition) is 0. The molecular weight excluding hydrogens is 312 g/mol. The Bertz CT molecular complexity index is 714. The predicted octanol–water partition coefficient (Wildman–Crippen LogP) is 3.45. The number of likely N-dealkylation sites (tertiary alicyclic amines) is 1. The van der Waals surface area contributed by atoms with Crippen LogP contribution in [0.15, 0.2) is 23.7 Å². The Balaban J connectivity index is 1.93. The van der Waals surface area contributed by atoms with Gasteiger partial charge in [-0.15, -0.1) is 11.3 Å². The van der Waals surface area contributed by atoms with Crippen molar-refractivity contribution in [2.45, 2.75) is 25.8 Å². The molecule has 1 aromatic carbocycles. The van der Waals surface area contributed by atoms with Crippen molar-refractivity contribution in [1.82, 2.24) is 9.88 Å². The van der Waals surface area contributed by atoms with Gasteiger partial charge in [0.1, 0.15) is 16.4 Å². The van der Waals surface area contributed by atoms with Gasteiger partial charge in [-0.25, -0.2) is 4.98 Å². The maximum absolute atomic E-state index is 12.9. The van der Waals surface area contributed by atoms with Crippen LogP contribution >= 0.6 is 11.3 Å². The number of nitrogens with zero attached hydrogens (tertiary/aromatic N) is 2. The third-order valence-corrected chi connectivity index (χ3v) is 5.17. The quantitative estimate of drug-likeness (QED) is 0.860. The van der Waals surface area contributed by atoms with E-state index in [9.17, 15) is 4.79 Å². The largest absolute Gasteiger partial charge is 0.497 e. The van der Waals surface area contributed by atoms with Gasteiger partial charge in [0.05, 0.1) is 31.5 Å². The molecular formula is C17H20N2O3S. The summed E-state index contributed by atoms with van der Waals surface area (Å²) in [5.74, 6) is 1.57. The van der Waals surface area contributed by atoms with Crippen LogP contribution in [-0.2, 0) is 0 Å². The van der Waals surface area contributed by atoms with Gasteiger partial charge in [-0.2, -0.15) is 0 Å². The van der Waals surface area contributed by atoms with Gasteiger partial charge in [-0.1, -0.05) is 0 Å². The first-order valence-electron chi connectivity index (χ1n) is 7.58. The number of carbonyl (C=O) groups is 1. The summed E-state index contributed by atoms with van der Waals surface area (Å²) < 4.78 is 10.8. The Morgan fingerprint density at radius 3 is 2.83 bits per heavy atom. The molecule has 0 bridgehead atoms. The van der Waals surface area contributed by atoms with Gasteiger partial charge in [-0.3, -0.25) is 4.79 Å². The number of carbonyl (C=O) groups excluding carboxylic acids is 1. The zero-order chi connectivity index (χ0) is 16.4. The Morgan fingerprint density at radius 1 is 1.35 bits per heavy atom. The number of benzene rings is 1. The summed E-state index contributed by atoms with van der Waals surface area (Å²) >= 11 is 1.40. The molecule has 1 atom stereocenters. The van der Waals surface area contributed by atoms with Crippen LogP contribution in [-0.4, -0.2) is 36.6 Å². The maximum atomic E-state index is 12.9. The number of aromatic nitrogens is 1. The van der Waals surface area contributed by atoms with Crippen molar-refractivity contribution in [3.8, 4) is 11.5 Å². The Labute approximate surface area is 139 Å². The third kappa shape index (κ3) is 2.91. The number of amides is 1. The zero-order valence-electron chi connectivity index (χ0n) is 13.5. The van der Waals surface area contributed by atoms with Crippen molar-refractivity contribution >= 4 is 17.2 Å². The molecule has 0 N–H and O–H groups in total. The first kappa shape index (κ1) is 15.8. The van der Waals surface area contributed by atoms with Crippen LogP contribution in [0, 0.1) is 6.92 Å². The molecule has 3 rings (SSSR count). The zero-order valence-corrected chi connectivity index (χ0v) is 14.4. The van der Waals surface area contributed by atoms with Crippen molar-refractivity contribution in [3.05, 3.63) is 39.8 Å². The van der Waals surface area contributed by atoms with Gasteiger partial charge < -0.3 is 14.4 Å². The molecule has 5 nitrogen and oxygen atoms in total. The normalized spacial score (nSPS) is 17.3. The van der Waals surface area contributed by atoms with Crippen LogP contribution in [0.3, 0.4) is 0 Å². The lowest BCUT2D eigenvalue weighted by molar-refractivity contribution is 0.0738. The average molecular weight is 332 g/mol. The molecule has 0 spiro atoms. The van der Waals surface area contributed by atoms with Gasteiger partial charge >= 0.3 is 0 Å². The van der Waals surface area contributed by atoms with E-state index in [4.69, 9.17) is 9.47 Å². The van der Waals surface area contributed by atoms with Crippen LogP contribution in [0.2, 0.25) is 0 Å². The van der Waals surface area contributed by atoms with Gasteiger partial charge in [0.2, 0.25) is 0 Å². The van der Waals surface area contributed by atoms with E-state index in [1.54, 1.807) is 19.7 Å². The second kappa shape index (κ2) is 6.58. The number of rotatable bonds is 4. The molecule has 23 heavy (non-hydrogen) atoms. The molecule has 1 aliphatic rings. The van der Waals surface area contributed by atoms with E-state index in [2.05, 4.69) is 4.98 Å². The monoisotopic (exact) mass is 332 g/mol. The minimum atomic E-state index is 0.0323. The lowest BCUT2D eigenvalue weighted by Gasteiger charge is -2.26. The first-order chi connectivity index (χ1) is 11.2. The summed E-state index contributed by atoms with van der Waals surface area (Å²) in [7, 11) is 3.28. The number of thiazole rings is 1. The summed E-state index contributed by atoms with van der Waals surface area (Å²) in [5, 5.41) is 0. The predicted molar refractivity (Wildman–Crippen MR) is 89.4 cm³/mol. The molecule has 0 unspecified atom stereocenters. The van der Waals surface area contributed by atoms with E-state index in [0.717, 1.165) is 47.0 Å².